The highest BCUT2D eigenvalue weighted by Gasteiger charge is 2.43. The highest BCUT2D eigenvalue weighted by molar-refractivity contribution is 6.32. The first kappa shape index (κ1) is 15.3. The molecule has 0 saturated carbocycles. The predicted molar refractivity (Wildman–Crippen MR) is 84.8 cm³/mol. The number of ether oxygens (including phenoxy) is 2. The Morgan fingerprint density at radius 1 is 1.38 bits per heavy atom. The molecule has 1 N–H and O–H groups in total. The molecule has 0 aromatic heterocycles. The highest BCUT2D eigenvalue weighted by atomic mass is 35.5. The Morgan fingerprint density at radius 3 is 2.95 bits per heavy atom. The van der Waals surface area contributed by atoms with Gasteiger partial charge in [0.05, 0.1) is 12.2 Å². The number of nitrogens with one attached hydrogen (secondary N) is 1. The van der Waals surface area contributed by atoms with Crippen molar-refractivity contribution >= 4 is 11.6 Å². The van der Waals surface area contributed by atoms with Crippen LogP contribution in [0, 0.1) is 12.8 Å². The van der Waals surface area contributed by atoms with E-state index in [9.17, 15) is 0 Å². The molecule has 2 heterocycles. The van der Waals surface area contributed by atoms with Crippen molar-refractivity contribution in [2.75, 3.05) is 26.9 Å². The van der Waals surface area contributed by atoms with Crippen LogP contribution in [0.25, 0.3) is 0 Å². The molecule has 0 aliphatic carbocycles. The molecule has 3 rings (SSSR count). The maximum atomic E-state index is 6.54. The van der Waals surface area contributed by atoms with Crippen LogP contribution in [0.1, 0.15) is 36.4 Å². The van der Waals surface area contributed by atoms with Crippen molar-refractivity contribution < 1.29 is 9.47 Å². The lowest BCUT2D eigenvalue weighted by Gasteiger charge is -2.40. The van der Waals surface area contributed by atoms with Gasteiger partial charge in [0.15, 0.2) is 0 Å². The van der Waals surface area contributed by atoms with Gasteiger partial charge in [-0.15, -0.1) is 0 Å². The third-order valence-electron chi connectivity index (χ3n) is 4.94. The van der Waals surface area contributed by atoms with Crippen molar-refractivity contribution in [1.29, 1.82) is 0 Å². The van der Waals surface area contributed by atoms with Crippen LogP contribution in [0.2, 0.25) is 5.02 Å². The first-order valence-corrected chi connectivity index (χ1v) is 8.17. The van der Waals surface area contributed by atoms with Gasteiger partial charge in [0.2, 0.25) is 0 Å². The Morgan fingerprint density at radius 2 is 2.24 bits per heavy atom. The zero-order chi connectivity index (χ0) is 14.9. The van der Waals surface area contributed by atoms with E-state index in [1.165, 1.54) is 5.56 Å². The predicted octanol–water partition coefficient (Wildman–Crippen LogP) is 3.49. The fourth-order valence-corrected chi connectivity index (χ4v) is 4.01. The molecule has 0 radical (unpaired) electrons. The van der Waals surface area contributed by atoms with E-state index < -0.39 is 0 Å². The molecule has 2 aliphatic heterocycles. The summed E-state index contributed by atoms with van der Waals surface area (Å²) in [7, 11) is 2.02. The molecule has 0 bridgehead atoms. The number of rotatable bonds is 3. The van der Waals surface area contributed by atoms with Crippen molar-refractivity contribution in [3.8, 4) is 0 Å². The minimum absolute atomic E-state index is 0.0612. The third-order valence-corrected chi connectivity index (χ3v) is 5.45. The molecule has 3 unspecified atom stereocenters. The van der Waals surface area contributed by atoms with Crippen molar-refractivity contribution in [3.63, 3.8) is 0 Å². The van der Waals surface area contributed by atoms with Gasteiger partial charge in [0.25, 0.3) is 0 Å². The summed E-state index contributed by atoms with van der Waals surface area (Å²) in [5.74, 6) is 0.532. The van der Waals surface area contributed by atoms with E-state index in [2.05, 4.69) is 30.4 Å². The van der Waals surface area contributed by atoms with Crippen molar-refractivity contribution in [2.45, 2.75) is 37.8 Å². The molecule has 21 heavy (non-hydrogen) atoms. The number of hydrogen-bond donors (Lipinski definition) is 1. The number of hydrogen-bond acceptors (Lipinski definition) is 3. The number of aryl methyl sites for hydroxylation is 1. The van der Waals surface area contributed by atoms with Crippen LogP contribution in [0.4, 0.5) is 0 Å². The summed E-state index contributed by atoms with van der Waals surface area (Å²) in [6, 6.07) is 6.58. The van der Waals surface area contributed by atoms with Gasteiger partial charge in [0, 0.05) is 30.7 Å². The molecule has 1 aromatic rings. The van der Waals surface area contributed by atoms with E-state index in [0.29, 0.717) is 5.92 Å². The molecular weight excluding hydrogens is 286 g/mol. The Balaban J connectivity index is 1.84. The molecule has 1 aromatic carbocycles. The van der Waals surface area contributed by atoms with E-state index in [0.717, 1.165) is 49.7 Å². The lowest BCUT2D eigenvalue weighted by Crippen LogP contribution is -2.43. The maximum absolute atomic E-state index is 6.54. The molecule has 3 atom stereocenters. The van der Waals surface area contributed by atoms with Crippen LogP contribution in [-0.4, -0.2) is 32.5 Å². The Kier molecular flexibility index (Phi) is 4.55. The van der Waals surface area contributed by atoms with E-state index >= 15 is 0 Å². The standard InChI is InChI=1S/C17H24ClNO2/c1-12-4-3-5-14(15(12)18)16(19-2)13-6-8-21-17(10-13)7-9-20-11-17/h3-5,13,16,19H,6-11H2,1-2H3. The average molecular weight is 310 g/mol. The molecule has 2 fully saturated rings. The van der Waals surface area contributed by atoms with E-state index in [-0.39, 0.29) is 11.6 Å². The molecular formula is C17H24ClNO2. The summed E-state index contributed by atoms with van der Waals surface area (Å²) >= 11 is 6.54. The zero-order valence-electron chi connectivity index (χ0n) is 12.8. The summed E-state index contributed by atoms with van der Waals surface area (Å²) in [5, 5.41) is 4.37. The van der Waals surface area contributed by atoms with Gasteiger partial charge in [-0.3, -0.25) is 0 Å². The van der Waals surface area contributed by atoms with Gasteiger partial charge in [-0.05, 0) is 43.9 Å². The smallest absolute Gasteiger partial charge is 0.0940 e. The van der Waals surface area contributed by atoms with Gasteiger partial charge in [0.1, 0.15) is 0 Å². The van der Waals surface area contributed by atoms with Gasteiger partial charge in [-0.2, -0.15) is 0 Å². The molecule has 116 valence electrons. The number of halogens is 1. The SMILES string of the molecule is CNC(c1cccc(C)c1Cl)C1CCOC2(CCOC2)C1. The quantitative estimate of drug-likeness (QED) is 0.927. The second kappa shape index (κ2) is 6.25. The van der Waals surface area contributed by atoms with E-state index in [4.69, 9.17) is 21.1 Å². The summed E-state index contributed by atoms with van der Waals surface area (Å²) < 4.78 is 11.6. The van der Waals surface area contributed by atoms with Gasteiger partial charge in [-0.1, -0.05) is 29.8 Å². The second-order valence-corrected chi connectivity index (χ2v) is 6.71. The Hall–Kier alpha value is -0.610. The third kappa shape index (κ3) is 2.98. The normalized spacial score (nSPS) is 30.7. The minimum atomic E-state index is -0.0612. The fourth-order valence-electron chi connectivity index (χ4n) is 3.77. The first-order chi connectivity index (χ1) is 10.2. The average Bonchev–Trinajstić information content (AvgIpc) is 2.92. The highest BCUT2D eigenvalue weighted by Crippen LogP contribution is 2.42. The Labute approximate surface area is 132 Å². The van der Waals surface area contributed by atoms with Crippen LogP contribution >= 0.6 is 11.6 Å². The Bertz CT molecular complexity index is 500. The molecule has 3 nitrogen and oxygen atoms in total. The topological polar surface area (TPSA) is 30.5 Å². The summed E-state index contributed by atoms with van der Waals surface area (Å²) in [4.78, 5) is 0. The zero-order valence-corrected chi connectivity index (χ0v) is 13.6. The van der Waals surface area contributed by atoms with Crippen LogP contribution in [0.15, 0.2) is 18.2 Å². The lowest BCUT2D eigenvalue weighted by atomic mass is 9.79. The minimum Gasteiger partial charge on any atom is -0.378 e. The second-order valence-electron chi connectivity index (χ2n) is 6.33. The largest absolute Gasteiger partial charge is 0.378 e. The summed E-state index contributed by atoms with van der Waals surface area (Å²) in [5.41, 5.74) is 2.29. The van der Waals surface area contributed by atoms with E-state index in [1.54, 1.807) is 0 Å². The van der Waals surface area contributed by atoms with E-state index in [1.807, 2.05) is 7.05 Å². The van der Waals surface area contributed by atoms with Gasteiger partial charge in [-0.25, -0.2) is 0 Å². The fraction of sp³-hybridized carbons (Fsp3) is 0.647. The van der Waals surface area contributed by atoms with Crippen molar-refractivity contribution in [1.82, 2.24) is 5.32 Å². The monoisotopic (exact) mass is 309 g/mol. The maximum Gasteiger partial charge on any atom is 0.0940 e. The van der Waals surface area contributed by atoms with Crippen LogP contribution in [0.5, 0.6) is 0 Å². The van der Waals surface area contributed by atoms with Crippen LogP contribution in [0.3, 0.4) is 0 Å². The van der Waals surface area contributed by atoms with Gasteiger partial charge < -0.3 is 14.8 Å². The van der Waals surface area contributed by atoms with Crippen LogP contribution in [-0.2, 0) is 9.47 Å². The molecule has 2 saturated heterocycles. The van der Waals surface area contributed by atoms with Crippen LogP contribution < -0.4 is 5.32 Å². The molecule has 0 amide bonds. The first-order valence-electron chi connectivity index (χ1n) is 7.79. The van der Waals surface area contributed by atoms with Crippen molar-refractivity contribution in [3.05, 3.63) is 34.3 Å². The summed E-state index contributed by atoms with van der Waals surface area (Å²) in [6.45, 7) is 4.44. The molecule has 1 spiro atoms. The summed E-state index contributed by atoms with van der Waals surface area (Å²) in [6.07, 6.45) is 3.13. The molecule has 2 aliphatic rings. The van der Waals surface area contributed by atoms with Gasteiger partial charge >= 0.3 is 0 Å². The lowest BCUT2D eigenvalue weighted by molar-refractivity contribution is -0.103. The van der Waals surface area contributed by atoms with Crippen molar-refractivity contribution in [2.24, 2.45) is 5.92 Å². The molecule has 4 heteroatoms. The number of benzene rings is 1.